The number of hydrogen-bond donors (Lipinski definition) is 2. The number of amides is 2. The summed E-state index contributed by atoms with van der Waals surface area (Å²) in [6.07, 6.45) is 1.56. The van der Waals surface area contributed by atoms with Crippen LogP contribution in [0.15, 0.2) is 42.5 Å². The molecule has 6 heteroatoms. The smallest absolute Gasteiger partial charge is 0.321 e. The van der Waals surface area contributed by atoms with Crippen LogP contribution in [0, 0.1) is 5.92 Å². The fourth-order valence-electron chi connectivity index (χ4n) is 4.01. The maximum absolute atomic E-state index is 12.9. The van der Waals surface area contributed by atoms with Gasteiger partial charge in [0, 0.05) is 30.9 Å². The Morgan fingerprint density at radius 3 is 2.67 bits per heavy atom. The van der Waals surface area contributed by atoms with Gasteiger partial charge in [0.15, 0.2) is 0 Å². The van der Waals surface area contributed by atoms with Gasteiger partial charge in [0.2, 0.25) is 0 Å². The van der Waals surface area contributed by atoms with Crippen molar-refractivity contribution >= 4 is 28.5 Å². The average molecular weight is 369 g/mol. The number of carbonyl (C=O) groups is 2. The predicted molar refractivity (Wildman–Crippen MR) is 107 cm³/mol. The zero-order valence-corrected chi connectivity index (χ0v) is 15.9. The highest BCUT2D eigenvalue weighted by atomic mass is 16.4. The highest BCUT2D eigenvalue weighted by molar-refractivity contribution is 6.01. The Labute approximate surface area is 159 Å². The maximum atomic E-state index is 12.9. The highest BCUT2D eigenvalue weighted by Gasteiger charge is 2.33. The fraction of sp³-hybridized carbons (Fsp3) is 0.429. The number of likely N-dealkylation sites (tertiary alicyclic amines) is 1. The van der Waals surface area contributed by atoms with Crippen molar-refractivity contribution in [3.8, 4) is 0 Å². The van der Waals surface area contributed by atoms with Gasteiger partial charge >= 0.3 is 12.0 Å². The molecule has 0 bridgehead atoms. The number of aliphatic carboxylic acids is 1. The average Bonchev–Trinajstić information content (AvgIpc) is 2.66. The van der Waals surface area contributed by atoms with Crippen LogP contribution in [0.25, 0.3) is 10.8 Å². The van der Waals surface area contributed by atoms with Gasteiger partial charge in [-0.1, -0.05) is 36.4 Å². The van der Waals surface area contributed by atoms with Crippen LogP contribution < -0.4 is 5.32 Å². The molecule has 0 radical (unpaired) electrons. The molecule has 1 saturated heterocycles. The molecule has 1 aliphatic rings. The summed E-state index contributed by atoms with van der Waals surface area (Å²) in [6, 6.07) is 14.0. The summed E-state index contributed by atoms with van der Waals surface area (Å²) in [7, 11) is 4.04. The number of anilines is 1. The molecule has 2 amide bonds. The molecule has 2 atom stereocenters. The van der Waals surface area contributed by atoms with E-state index in [0.717, 1.165) is 22.9 Å². The second-order valence-electron chi connectivity index (χ2n) is 7.42. The summed E-state index contributed by atoms with van der Waals surface area (Å²) in [5, 5.41) is 14.2. The van der Waals surface area contributed by atoms with E-state index in [2.05, 4.69) is 10.2 Å². The summed E-state index contributed by atoms with van der Waals surface area (Å²) >= 11 is 0. The van der Waals surface area contributed by atoms with Gasteiger partial charge in [-0.3, -0.25) is 4.79 Å². The zero-order valence-electron chi connectivity index (χ0n) is 15.9. The standard InChI is InChI=1S/C21H27N3O3/c1-23(2)19-12-13-24(14-16(19)10-11-20(25)26)21(27)22-18-9-5-7-15-6-3-4-8-17(15)18/h3-9,16,19H,10-14H2,1-2H3,(H,22,27)(H,25,26)/t16-,19+/m0/s1. The van der Waals surface area contributed by atoms with Gasteiger partial charge in [-0.2, -0.15) is 0 Å². The lowest BCUT2D eigenvalue weighted by atomic mass is 9.87. The number of nitrogens with zero attached hydrogens (tertiary/aromatic N) is 2. The van der Waals surface area contributed by atoms with E-state index < -0.39 is 5.97 Å². The number of carboxylic acids is 1. The van der Waals surface area contributed by atoms with Gasteiger partial charge in [0.1, 0.15) is 0 Å². The summed E-state index contributed by atoms with van der Waals surface area (Å²) in [4.78, 5) is 27.8. The van der Waals surface area contributed by atoms with Crippen LogP contribution in [0.3, 0.4) is 0 Å². The van der Waals surface area contributed by atoms with E-state index in [0.29, 0.717) is 25.6 Å². The number of urea groups is 1. The van der Waals surface area contributed by atoms with Crippen LogP contribution in [0.4, 0.5) is 10.5 Å². The van der Waals surface area contributed by atoms with Crippen molar-refractivity contribution in [3.63, 3.8) is 0 Å². The molecule has 1 aliphatic heterocycles. The molecule has 3 rings (SSSR count). The fourth-order valence-corrected chi connectivity index (χ4v) is 4.01. The Kier molecular flexibility index (Phi) is 5.96. The lowest BCUT2D eigenvalue weighted by molar-refractivity contribution is -0.137. The quantitative estimate of drug-likeness (QED) is 0.846. The summed E-state index contributed by atoms with van der Waals surface area (Å²) in [6.45, 7) is 1.25. The number of hydrogen-bond acceptors (Lipinski definition) is 3. The molecule has 0 saturated carbocycles. The molecular weight excluding hydrogens is 342 g/mol. The van der Waals surface area contributed by atoms with Crippen molar-refractivity contribution in [1.82, 2.24) is 9.80 Å². The molecule has 0 spiro atoms. The third kappa shape index (κ3) is 4.57. The van der Waals surface area contributed by atoms with Crippen molar-refractivity contribution < 1.29 is 14.7 Å². The molecule has 1 fully saturated rings. The number of nitrogens with one attached hydrogen (secondary N) is 1. The Balaban J connectivity index is 1.71. The summed E-state index contributed by atoms with van der Waals surface area (Å²) in [5.74, 6) is -0.632. The second kappa shape index (κ2) is 8.39. The van der Waals surface area contributed by atoms with Crippen LogP contribution in [-0.4, -0.2) is 60.1 Å². The van der Waals surface area contributed by atoms with Crippen molar-refractivity contribution in [3.05, 3.63) is 42.5 Å². The van der Waals surface area contributed by atoms with Crippen LogP contribution >= 0.6 is 0 Å². The zero-order chi connectivity index (χ0) is 19.4. The minimum absolute atomic E-state index is 0.121. The normalized spacial score (nSPS) is 20.0. The number of carboxylic acid groups (broad SMARTS) is 1. The minimum Gasteiger partial charge on any atom is -0.481 e. The first kappa shape index (κ1) is 19.2. The number of rotatable bonds is 5. The topological polar surface area (TPSA) is 72.9 Å². The molecule has 0 aromatic heterocycles. The number of carbonyl (C=O) groups excluding carboxylic acids is 1. The lowest BCUT2D eigenvalue weighted by Gasteiger charge is -2.41. The van der Waals surface area contributed by atoms with Gasteiger partial charge in [-0.15, -0.1) is 0 Å². The molecule has 2 N–H and O–H groups in total. The SMILES string of the molecule is CN(C)[C@@H]1CCN(C(=O)Nc2cccc3ccccc23)C[C@@H]1CCC(=O)O. The van der Waals surface area contributed by atoms with Crippen LogP contribution in [0.1, 0.15) is 19.3 Å². The van der Waals surface area contributed by atoms with E-state index in [1.165, 1.54) is 0 Å². The van der Waals surface area contributed by atoms with Gasteiger partial charge in [0.05, 0.1) is 5.69 Å². The highest BCUT2D eigenvalue weighted by Crippen LogP contribution is 2.27. The first-order chi connectivity index (χ1) is 13.0. The van der Waals surface area contributed by atoms with Gasteiger partial charge < -0.3 is 20.2 Å². The van der Waals surface area contributed by atoms with Crippen molar-refractivity contribution in [2.75, 3.05) is 32.5 Å². The van der Waals surface area contributed by atoms with Crippen molar-refractivity contribution in [2.24, 2.45) is 5.92 Å². The van der Waals surface area contributed by atoms with Crippen LogP contribution in [0.2, 0.25) is 0 Å². The number of benzene rings is 2. The lowest BCUT2D eigenvalue weighted by Crippen LogP contribution is -2.51. The van der Waals surface area contributed by atoms with E-state index in [1.807, 2.05) is 61.5 Å². The number of fused-ring (bicyclic) bond motifs is 1. The molecule has 144 valence electrons. The first-order valence-corrected chi connectivity index (χ1v) is 9.37. The summed E-state index contributed by atoms with van der Waals surface area (Å²) in [5.41, 5.74) is 0.801. The monoisotopic (exact) mass is 369 g/mol. The molecule has 0 unspecified atom stereocenters. The Bertz CT molecular complexity index is 816. The van der Waals surface area contributed by atoms with Gasteiger partial charge in [-0.25, -0.2) is 4.79 Å². The Morgan fingerprint density at radius 1 is 1.19 bits per heavy atom. The molecule has 27 heavy (non-hydrogen) atoms. The van der Waals surface area contributed by atoms with Crippen LogP contribution in [-0.2, 0) is 4.79 Å². The molecule has 6 nitrogen and oxygen atoms in total. The Morgan fingerprint density at radius 2 is 1.93 bits per heavy atom. The molecule has 2 aromatic rings. The Hall–Kier alpha value is -2.60. The van der Waals surface area contributed by atoms with Crippen molar-refractivity contribution in [2.45, 2.75) is 25.3 Å². The van der Waals surface area contributed by atoms with Gasteiger partial charge in [-0.05, 0) is 44.3 Å². The van der Waals surface area contributed by atoms with E-state index in [1.54, 1.807) is 0 Å². The van der Waals surface area contributed by atoms with Crippen LogP contribution in [0.5, 0.6) is 0 Å². The molecule has 2 aromatic carbocycles. The molecular formula is C21H27N3O3. The third-order valence-corrected chi connectivity index (χ3v) is 5.40. The predicted octanol–water partition coefficient (Wildman–Crippen LogP) is 3.49. The number of piperidine rings is 1. The third-order valence-electron chi connectivity index (χ3n) is 5.40. The molecule has 1 heterocycles. The summed E-state index contributed by atoms with van der Waals surface area (Å²) < 4.78 is 0. The minimum atomic E-state index is -0.787. The first-order valence-electron chi connectivity index (χ1n) is 9.37. The van der Waals surface area contributed by atoms with E-state index in [9.17, 15) is 9.59 Å². The van der Waals surface area contributed by atoms with E-state index >= 15 is 0 Å². The van der Waals surface area contributed by atoms with Crippen molar-refractivity contribution in [1.29, 1.82) is 0 Å². The maximum Gasteiger partial charge on any atom is 0.321 e. The molecule has 0 aliphatic carbocycles. The van der Waals surface area contributed by atoms with Gasteiger partial charge in [0.25, 0.3) is 0 Å². The van der Waals surface area contributed by atoms with E-state index in [4.69, 9.17) is 5.11 Å². The largest absolute Gasteiger partial charge is 0.481 e. The van der Waals surface area contributed by atoms with E-state index in [-0.39, 0.29) is 18.4 Å². The second-order valence-corrected chi connectivity index (χ2v) is 7.42.